The first-order valence-electron chi connectivity index (χ1n) is 7.50. The third kappa shape index (κ3) is 3.12. The Hall–Kier alpha value is -2.25. The highest BCUT2D eigenvalue weighted by atomic mass is 79.9. The molecule has 2 aromatic carbocycles. The van der Waals surface area contributed by atoms with Gasteiger partial charge in [-0.2, -0.15) is 5.26 Å². The maximum Gasteiger partial charge on any atom is 0.265 e. The lowest BCUT2D eigenvalue weighted by molar-refractivity contribution is -0.135. The van der Waals surface area contributed by atoms with Gasteiger partial charge in [0.25, 0.3) is 5.91 Å². The molecule has 3 N–H and O–H groups in total. The lowest BCUT2D eigenvalue weighted by atomic mass is 9.92. The number of hydrogen-bond donors (Lipinski definition) is 2. The zero-order chi connectivity index (χ0) is 19.1. The van der Waals surface area contributed by atoms with E-state index in [1.54, 1.807) is 30.3 Å². The quantitative estimate of drug-likeness (QED) is 0.756. The van der Waals surface area contributed by atoms with E-state index in [0.717, 1.165) is 0 Å². The van der Waals surface area contributed by atoms with Gasteiger partial charge in [-0.25, -0.2) is 13.6 Å². The Labute approximate surface area is 158 Å². The van der Waals surface area contributed by atoms with Crippen molar-refractivity contribution in [3.05, 3.63) is 58.1 Å². The molecule has 2 aromatic rings. The third-order valence-corrected chi connectivity index (χ3v) is 5.64. The molecule has 1 aliphatic heterocycles. The molecule has 0 radical (unpaired) electrons. The van der Waals surface area contributed by atoms with Gasteiger partial charge in [-0.05, 0) is 35.9 Å². The summed E-state index contributed by atoms with van der Waals surface area (Å²) in [5.41, 5.74) is -0.388. The number of benzene rings is 2. The molecular weight excluding hydrogens is 422 g/mol. The number of nitriles is 1. The fourth-order valence-corrected chi connectivity index (χ4v) is 3.81. The molecule has 0 saturated carbocycles. The molecule has 7 nitrogen and oxygen atoms in total. The molecule has 9 heteroatoms. The van der Waals surface area contributed by atoms with Crippen LogP contribution in [-0.2, 0) is 27.0 Å². The van der Waals surface area contributed by atoms with Crippen molar-refractivity contribution in [3.63, 3.8) is 0 Å². The second-order valence-corrected chi connectivity index (χ2v) is 8.41. The van der Waals surface area contributed by atoms with Crippen LogP contribution in [0, 0.1) is 11.3 Å². The van der Waals surface area contributed by atoms with Gasteiger partial charge in [-0.3, -0.25) is 4.79 Å². The number of halogens is 1. The smallest absolute Gasteiger partial charge is 0.265 e. The lowest BCUT2D eigenvalue weighted by Crippen LogP contribution is -2.39. The average Bonchev–Trinajstić information content (AvgIpc) is 2.77. The molecule has 1 heterocycles. The second-order valence-electron chi connectivity index (χ2n) is 5.94. The van der Waals surface area contributed by atoms with Crippen LogP contribution in [-0.4, -0.2) is 19.4 Å². The first-order valence-corrected chi connectivity index (χ1v) is 9.84. The first kappa shape index (κ1) is 18.5. The summed E-state index contributed by atoms with van der Waals surface area (Å²) >= 11 is 3.31. The van der Waals surface area contributed by atoms with Crippen molar-refractivity contribution in [2.24, 2.45) is 5.14 Å². The van der Waals surface area contributed by atoms with Crippen LogP contribution in [0.5, 0.6) is 0 Å². The fraction of sp³-hybridized carbons (Fsp3) is 0.176. The van der Waals surface area contributed by atoms with Crippen molar-refractivity contribution in [1.82, 2.24) is 0 Å². The third-order valence-electron chi connectivity index (χ3n) is 4.22. The number of nitrogens with two attached hydrogens (primary N) is 1. The van der Waals surface area contributed by atoms with Gasteiger partial charge >= 0.3 is 0 Å². The maximum atomic E-state index is 12.8. The number of carbonyl (C=O) groups is 1. The monoisotopic (exact) mass is 435 g/mol. The number of anilines is 1. The zero-order valence-corrected chi connectivity index (χ0v) is 15.8. The fourth-order valence-electron chi connectivity index (χ4n) is 2.93. The van der Waals surface area contributed by atoms with Crippen LogP contribution in [0.15, 0.2) is 51.8 Å². The molecule has 0 aromatic heterocycles. The number of fused-ring (bicyclic) bond motifs is 1. The number of carbonyl (C=O) groups excluding carboxylic acids is 1. The molecule has 1 amide bonds. The number of sulfonamides is 1. The first-order chi connectivity index (χ1) is 12.2. The molecular formula is C17H14BrN3O4S. The number of amides is 1. The van der Waals surface area contributed by atoms with Gasteiger partial charge in [0.05, 0.1) is 29.6 Å². The highest BCUT2D eigenvalue weighted by Crippen LogP contribution is 2.44. The second kappa shape index (κ2) is 6.48. The number of rotatable bonds is 4. The predicted molar refractivity (Wildman–Crippen MR) is 97.3 cm³/mol. The number of aliphatic hydroxyl groups is 1. The van der Waals surface area contributed by atoms with Crippen LogP contribution in [0.2, 0.25) is 0 Å². The van der Waals surface area contributed by atoms with Gasteiger partial charge in [0.1, 0.15) is 0 Å². The van der Waals surface area contributed by atoms with E-state index >= 15 is 0 Å². The van der Waals surface area contributed by atoms with E-state index in [1.165, 1.54) is 17.0 Å². The highest BCUT2D eigenvalue weighted by molar-refractivity contribution is 9.10. The van der Waals surface area contributed by atoms with E-state index in [9.17, 15) is 18.3 Å². The van der Waals surface area contributed by atoms with Crippen LogP contribution in [0.4, 0.5) is 5.69 Å². The maximum absolute atomic E-state index is 12.8. The summed E-state index contributed by atoms with van der Waals surface area (Å²) in [5, 5.41) is 24.9. The molecule has 1 atom stereocenters. The van der Waals surface area contributed by atoms with Crippen molar-refractivity contribution in [2.45, 2.75) is 23.5 Å². The molecule has 134 valence electrons. The van der Waals surface area contributed by atoms with E-state index in [-0.39, 0.29) is 17.9 Å². The molecule has 1 unspecified atom stereocenters. The van der Waals surface area contributed by atoms with Crippen LogP contribution in [0.3, 0.4) is 0 Å². The van der Waals surface area contributed by atoms with E-state index < -0.39 is 21.5 Å². The van der Waals surface area contributed by atoms with Gasteiger partial charge in [0.15, 0.2) is 5.60 Å². The Kier molecular flexibility index (Phi) is 4.62. The SMILES string of the molecule is N#CCC1(O)C(=O)N(Cc2ccc(S(N)(=O)=O)cc2)c2ccc(Br)cc21. The minimum atomic E-state index is -3.80. The van der Waals surface area contributed by atoms with E-state index in [4.69, 9.17) is 10.4 Å². The van der Waals surface area contributed by atoms with Crippen LogP contribution in [0.1, 0.15) is 17.5 Å². The van der Waals surface area contributed by atoms with Gasteiger partial charge in [-0.15, -0.1) is 0 Å². The zero-order valence-electron chi connectivity index (χ0n) is 13.4. The van der Waals surface area contributed by atoms with E-state index in [0.29, 0.717) is 21.3 Å². The summed E-state index contributed by atoms with van der Waals surface area (Å²) in [6, 6.07) is 12.7. The lowest BCUT2D eigenvalue weighted by Gasteiger charge is -2.21. The molecule has 1 aliphatic rings. The Morgan fingerprint density at radius 2 is 1.88 bits per heavy atom. The van der Waals surface area contributed by atoms with Gasteiger partial charge in [0.2, 0.25) is 10.0 Å². The van der Waals surface area contributed by atoms with Crippen molar-refractivity contribution in [2.75, 3.05) is 4.90 Å². The molecule has 0 aliphatic carbocycles. The summed E-state index contributed by atoms with van der Waals surface area (Å²) in [6.07, 6.45) is -0.365. The Morgan fingerprint density at radius 1 is 1.23 bits per heavy atom. The topological polar surface area (TPSA) is 124 Å². The minimum Gasteiger partial charge on any atom is -0.374 e. The normalized spacial score (nSPS) is 19.3. The molecule has 26 heavy (non-hydrogen) atoms. The van der Waals surface area contributed by atoms with E-state index in [1.807, 2.05) is 6.07 Å². The summed E-state index contributed by atoms with van der Waals surface area (Å²) in [6.45, 7) is 0.117. The summed E-state index contributed by atoms with van der Waals surface area (Å²) in [5.74, 6) is -0.595. The standard InChI is InChI=1S/C17H14BrN3O4S/c18-12-3-6-15-14(9-12)17(23,7-8-19)16(22)21(15)10-11-1-4-13(5-2-11)26(20,24)25/h1-6,9,23H,7,10H2,(H2,20,24,25). The molecule has 0 saturated heterocycles. The molecule has 0 fully saturated rings. The van der Waals surface area contributed by atoms with Crippen molar-refractivity contribution >= 4 is 37.5 Å². The summed E-state index contributed by atoms with van der Waals surface area (Å²) in [4.78, 5) is 14.2. The minimum absolute atomic E-state index is 0.0284. The van der Waals surface area contributed by atoms with Crippen LogP contribution < -0.4 is 10.0 Å². The van der Waals surface area contributed by atoms with Gasteiger partial charge in [0, 0.05) is 10.0 Å². The summed E-state index contributed by atoms with van der Waals surface area (Å²) < 4.78 is 23.4. The van der Waals surface area contributed by atoms with E-state index in [2.05, 4.69) is 15.9 Å². The van der Waals surface area contributed by atoms with Crippen LogP contribution >= 0.6 is 15.9 Å². The van der Waals surface area contributed by atoms with Crippen molar-refractivity contribution in [3.8, 4) is 6.07 Å². The van der Waals surface area contributed by atoms with Crippen molar-refractivity contribution < 1.29 is 18.3 Å². The number of nitrogens with zero attached hydrogens (tertiary/aromatic N) is 2. The number of hydrogen-bond acceptors (Lipinski definition) is 5. The van der Waals surface area contributed by atoms with Crippen molar-refractivity contribution in [1.29, 1.82) is 5.26 Å². The Morgan fingerprint density at radius 3 is 2.46 bits per heavy atom. The molecule has 3 rings (SSSR count). The predicted octanol–water partition coefficient (Wildman–Crippen LogP) is 1.74. The largest absolute Gasteiger partial charge is 0.374 e. The Bertz CT molecular complexity index is 1030. The van der Waals surface area contributed by atoms with Gasteiger partial charge in [-0.1, -0.05) is 28.1 Å². The average molecular weight is 436 g/mol. The number of primary sulfonamides is 1. The molecule has 0 spiro atoms. The van der Waals surface area contributed by atoms with Gasteiger partial charge < -0.3 is 10.0 Å². The molecule has 0 bridgehead atoms. The van der Waals surface area contributed by atoms with Crippen LogP contribution in [0.25, 0.3) is 0 Å². The highest BCUT2D eigenvalue weighted by Gasteiger charge is 2.49. The Balaban J connectivity index is 1.99. The summed E-state index contributed by atoms with van der Waals surface area (Å²) in [7, 11) is -3.80.